The molecule has 2 aromatic heterocycles. The smallest absolute Gasteiger partial charge is 0.157 e. The van der Waals surface area contributed by atoms with Gasteiger partial charge in [-0.15, -0.1) is 0 Å². The van der Waals surface area contributed by atoms with Crippen molar-refractivity contribution in [2.24, 2.45) is 0 Å². The fraction of sp³-hybridized carbons (Fsp3) is 0.300. The molecule has 0 unspecified atom stereocenters. The Bertz CT molecular complexity index is 822. The molecule has 1 aromatic carbocycles. The highest BCUT2D eigenvalue weighted by Crippen LogP contribution is 2.20. The lowest BCUT2D eigenvalue weighted by atomic mass is 10.2. The van der Waals surface area contributed by atoms with E-state index in [-0.39, 0.29) is 6.10 Å². The lowest BCUT2D eigenvalue weighted by molar-refractivity contribution is 0.0736. The Balaban J connectivity index is 1.34. The van der Waals surface area contributed by atoms with Gasteiger partial charge >= 0.3 is 0 Å². The Labute approximate surface area is 152 Å². The highest BCUT2D eigenvalue weighted by molar-refractivity contribution is 5.18. The van der Waals surface area contributed by atoms with E-state index in [4.69, 9.17) is 4.74 Å². The number of benzene rings is 1. The monoisotopic (exact) mass is 350 g/mol. The number of hydrogen-bond acceptors (Lipinski definition) is 5. The second-order valence-electron chi connectivity index (χ2n) is 6.60. The molecular formula is C20H22N4O2. The third-order valence-electron chi connectivity index (χ3n) is 4.51. The lowest BCUT2D eigenvalue weighted by Gasteiger charge is -2.15. The number of ether oxygens (including phenoxy) is 1. The summed E-state index contributed by atoms with van der Waals surface area (Å²) in [7, 11) is 0. The maximum absolute atomic E-state index is 10.3. The molecule has 1 aliphatic heterocycles. The van der Waals surface area contributed by atoms with Crippen molar-refractivity contribution in [1.82, 2.24) is 19.7 Å². The predicted octanol–water partition coefficient (Wildman–Crippen LogP) is 1.95. The highest BCUT2D eigenvalue weighted by atomic mass is 16.5. The summed E-state index contributed by atoms with van der Waals surface area (Å²) in [5, 5.41) is 14.7. The Morgan fingerprint density at radius 1 is 1.04 bits per heavy atom. The van der Waals surface area contributed by atoms with E-state index in [1.165, 1.54) is 5.56 Å². The topological polar surface area (TPSA) is 63.4 Å². The first-order valence-corrected chi connectivity index (χ1v) is 8.79. The van der Waals surface area contributed by atoms with E-state index >= 15 is 0 Å². The van der Waals surface area contributed by atoms with Gasteiger partial charge in [-0.1, -0.05) is 36.4 Å². The number of β-amino-alcohol motifs (C(OH)–C–C–N with tert-alkyl or cyclic N) is 1. The van der Waals surface area contributed by atoms with Gasteiger partial charge in [0, 0.05) is 25.8 Å². The van der Waals surface area contributed by atoms with E-state index in [0.717, 1.165) is 5.69 Å². The number of aliphatic hydroxyl groups excluding tert-OH is 1. The largest absolute Gasteiger partial charge is 0.483 e. The molecule has 3 heterocycles. The molecule has 0 spiro atoms. The van der Waals surface area contributed by atoms with Crippen molar-refractivity contribution in [3.63, 3.8) is 0 Å². The Morgan fingerprint density at radius 2 is 1.88 bits per heavy atom. The minimum atomic E-state index is -0.517. The fourth-order valence-corrected chi connectivity index (χ4v) is 3.24. The molecule has 0 bridgehead atoms. The summed E-state index contributed by atoms with van der Waals surface area (Å²) in [5.41, 5.74) is 2.18. The number of hydrogen-bond donors (Lipinski definition) is 1. The lowest BCUT2D eigenvalue weighted by Crippen LogP contribution is -2.29. The van der Waals surface area contributed by atoms with Crippen LogP contribution in [-0.4, -0.2) is 50.1 Å². The average Bonchev–Trinajstić information content (AvgIpc) is 3.23. The first kappa shape index (κ1) is 16.8. The summed E-state index contributed by atoms with van der Waals surface area (Å²) in [4.78, 5) is 6.50. The van der Waals surface area contributed by atoms with Crippen LogP contribution in [0.3, 0.4) is 0 Å². The molecule has 1 saturated heterocycles. The second-order valence-corrected chi connectivity index (χ2v) is 6.60. The van der Waals surface area contributed by atoms with Crippen LogP contribution >= 0.6 is 0 Å². The zero-order chi connectivity index (χ0) is 17.8. The Morgan fingerprint density at radius 3 is 2.69 bits per heavy atom. The van der Waals surface area contributed by atoms with Gasteiger partial charge in [-0.3, -0.25) is 14.6 Å². The summed E-state index contributed by atoms with van der Waals surface area (Å²) in [6, 6.07) is 16.0. The van der Waals surface area contributed by atoms with E-state index in [1.54, 1.807) is 12.4 Å². The van der Waals surface area contributed by atoms with Crippen LogP contribution in [0.4, 0.5) is 0 Å². The van der Waals surface area contributed by atoms with Crippen LogP contribution in [0, 0.1) is 0 Å². The number of likely N-dealkylation sites (tertiary alicyclic amines) is 1. The highest BCUT2D eigenvalue weighted by Gasteiger charge is 2.33. The molecule has 1 N–H and O–H groups in total. The summed E-state index contributed by atoms with van der Waals surface area (Å²) >= 11 is 0. The number of nitrogens with zero attached hydrogens (tertiary/aromatic N) is 4. The van der Waals surface area contributed by atoms with Crippen molar-refractivity contribution >= 4 is 0 Å². The average molecular weight is 350 g/mol. The maximum atomic E-state index is 10.3. The van der Waals surface area contributed by atoms with Crippen LogP contribution in [0.1, 0.15) is 11.3 Å². The summed E-state index contributed by atoms with van der Waals surface area (Å²) in [6.07, 6.45) is 4.60. The fourth-order valence-electron chi connectivity index (χ4n) is 3.24. The zero-order valence-electron chi connectivity index (χ0n) is 14.5. The van der Waals surface area contributed by atoms with E-state index in [1.807, 2.05) is 47.3 Å². The molecule has 0 amide bonds. The molecule has 0 saturated carbocycles. The molecule has 4 rings (SSSR count). The summed E-state index contributed by atoms with van der Waals surface area (Å²) in [5.74, 6) is 0.685. The van der Waals surface area contributed by atoms with Crippen LogP contribution in [-0.2, 0) is 13.1 Å². The van der Waals surface area contributed by atoms with Crippen molar-refractivity contribution in [2.45, 2.75) is 25.3 Å². The number of aromatic nitrogens is 3. The van der Waals surface area contributed by atoms with Gasteiger partial charge in [-0.25, -0.2) is 0 Å². The standard InChI is InChI=1S/C20H22N4O2/c25-19-14-23(12-17-8-4-5-9-21-17)15-20(19)26-18-10-22-24(13-18)11-16-6-2-1-3-7-16/h1-10,13,19-20,25H,11-12,14-15H2/t19-,20-/m1/s1. The van der Waals surface area contributed by atoms with Crippen LogP contribution in [0.5, 0.6) is 5.75 Å². The van der Waals surface area contributed by atoms with Crippen LogP contribution in [0.15, 0.2) is 67.1 Å². The van der Waals surface area contributed by atoms with Crippen LogP contribution < -0.4 is 4.74 Å². The molecule has 0 aliphatic carbocycles. The maximum Gasteiger partial charge on any atom is 0.157 e. The molecule has 1 fully saturated rings. The molecular weight excluding hydrogens is 328 g/mol. The molecule has 26 heavy (non-hydrogen) atoms. The molecule has 6 heteroatoms. The number of aliphatic hydroxyl groups is 1. The second kappa shape index (κ2) is 7.68. The quantitative estimate of drug-likeness (QED) is 0.736. The van der Waals surface area contributed by atoms with E-state index in [0.29, 0.717) is 31.9 Å². The van der Waals surface area contributed by atoms with Gasteiger partial charge in [0.15, 0.2) is 5.75 Å². The molecule has 6 nitrogen and oxygen atoms in total. The first-order valence-electron chi connectivity index (χ1n) is 8.79. The van der Waals surface area contributed by atoms with Gasteiger partial charge < -0.3 is 9.84 Å². The van der Waals surface area contributed by atoms with Gasteiger partial charge in [0.2, 0.25) is 0 Å². The molecule has 2 atom stereocenters. The van der Waals surface area contributed by atoms with E-state index < -0.39 is 6.10 Å². The molecule has 134 valence electrons. The number of pyridine rings is 1. The van der Waals surface area contributed by atoms with Gasteiger partial charge in [-0.2, -0.15) is 5.10 Å². The van der Waals surface area contributed by atoms with E-state index in [9.17, 15) is 5.11 Å². The Hall–Kier alpha value is -2.70. The minimum absolute atomic E-state index is 0.256. The van der Waals surface area contributed by atoms with Gasteiger partial charge in [0.1, 0.15) is 12.2 Å². The molecule has 1 aliphatic rings. The third kappa shape index (κ3) is 4.09. The molecule has 0 radical (unpaired) electrons. The minimum Gasteiger partial charge on any atom is -0.483 e. The number of rotatable bonds is 6. The van der Waals surface area contributed by atoms with Crippen molar-refractivity contribution in [1.29, 1.82) is 0 Å². The predicted molar refractivity (Wildman–Crippen MR) is 97.7 cm³/mol. The van der Waals surface area contributed by atoms with Crippen molar-refractivity contribution < 1.29 is 9.84 Å². The van der Waals surface area contributed by atoms with Gasteiger partial charge in [-0.05, 0) is 17.7 Å². The normalized spacial score (nSPS) is 20.3. The van der Waals surface area contributed by atoms with E-state index in [2.05, 4.69) is 27.1 Å². The van der Waals surface area contributed by atoms with Crippen molar-refractivity contribution in [3.8, 4) is 5.75 Å². The van der Waals surface area contributed by atoms with Crippen molar-refractivity contribution in [3.05, 3.63) is 78.4 Å². The van der Waals surface area contributed by atoms with Crippen molar-refractivity contribution in [2.75, 3.05) is 13.1 Å². The van der Waals surface area contributed by atoms with Gasteiger partial charge in [0.25, 0.3) is 0 Å². The summed E-state index contributed by atoms with van der Waals surface area (Å²) < 4.78 is 7.82. The van der Waals surface area contributed by atoms with Crippen LogP contribution in [0.25, 0.3) is 0 Å². The Kier molecular flexibility index (Phi) is 4.95. The SMILES string of the molecule is O[C@@H]1CN(Cc2ccccn2)C[C@H]1Oc1cnn(Cc2ccccc2)c1. The first-order chi connectivity index (χ1) is 12.8. The third-order valence-corrected chi connectivity index (χ3v) is 4.51. The summed E-state index contributed by atoms with van der Waals surface area (Å²) in [6.45, 7) is 2.66. The van der Waals surface area contributed by atoms with Crippen LogP contribution in [0.2, 0.25) is 0 Å². The zero-order valence-corrected chi connectivity index (χ0v) is 14.5. The molecule has 3 aromatic rings. The van der Waals surface area contributed by atoms with Gasteiger partial charge in [0.05, 0.1) is 24.6 Å².